The van der Waals surface area contributed by atoms with Gasteiger partial charge in [-0.25, -0.2) is 0 Å². The first-order valence-corrected chi connectivity index (χ1v) is 9.85. The van der Waals surface area contributed by atoms with Crippen LogP contribution in [0.4, 0.5) is 0 Å². The standard InChI is InChI=1S/C23H28N4O/c1-3-5-20(27-22(18-10-11-18)14-21(24)17-8-9-17)12-7-16(2)26-23(28)19-6-4-13-25-15-19/h3-7,12-15,17-18H,8-11,24H2,1-2H3,(H,26,28)/b5-3-,16-7+,20-12+,21-14?,27-22?. The van der Waals surface area contributed by atoms with Crippen molar-refractivity contribution in [3.63, 3.8) is 0 Å². The average Bonchev–Trinajstić information content (AvgIpc) is 3.58. The Hall–Kier alpha value is -2.95. The number of nitrogens with one attached hydrogen (secondary N) is 1. The van der Waals surface area contributed by atoms with E-state index in [9.17, 15) is 4.79 Å². The maximum absolute atomic E-state index is 12.2. The van der Waals surface area contributed by atoms with E-state index in [0.717, 1.165) is 22.8 Å². The third kappa shape index (κ3) is 6.05. The number of nitrogens with two attached hydrogens (primary N) is 1. The number of nitrogens with zero attached hydrogens (tertiary/aromatic N) is 2. The molecule has 3 N–H and O–H groups in total. The summed E-state index contributed by atoms with van der Waals surface area (Å²) in [5, 5.41) is 2.87. The molecule has 0 bridgehead atoms. The Morgan fingerprint density at radius 1 is 1.25 bits per heavy atom. The number of aliphatic imine (C=N–C) groups is 1. The number of allylic oxidation sites excluding steroid dienone is 7. The molecule has 1 amide bonds. The summed E-state index contributed by atoms with van der Waals surface area (Å²) in [6.07, 6.45) is 17.7. The van der Waals surface area contributed by atoms with Crippen molar-refractivity contribution >= 4 is 11.6 Å². The number of pyridine rings is 1. The first-order chi connectivity index (χ1) is 13.6. The molecule has 0 saturated heterocycles. The molecule has 0 spiro atoms. The minimum atomic E-state index is -0.176. The summed E-state index contributed by atoms with van der Waals surface area (Å²) in [7, 11) is 0. The van der Waals surface area contributed by atoms with Crippen LogP contribution in [0.1, 0.15) is 49.9 Å². The van der Waals surface area contributed by atoms with Crippen molar-refractivity contribution in [2.24, 2.45) is 22.6 Å². The lowest BCUT2D eigenvalue weighted by Crippen LogP contribution is -2.21. The van der Waals surface area contributed by atoms with Crippen molar-refractivity contribution in [3.05, 3.63) is 77.6 Å². The van der Waals surface area contributed by atoms with Crippen LogP contribution in [0, 0.1) is 11.8 Å². The van der Waals surface area contributed by atoms with Crippen LogP contribution in [0.2, 0.25) is 0 Å². The maximum Gasteiger partial charge on any atom is 0.256 e. The molecular weight excluding hydrogens is 348 g/mol. The second kappa shape index (κ2) is 9.31. The Balaban J connectivity index is 1.74. The SMILES string of the molecule is C\C=C/C(=C\C=C(/C)NC(=O)c1cccnc1)N=C(C=C(N)C1CC1)C1CC1. The quantitative estimate of drug-likeness (QED) is 0.525. The zero-order valence-corrected chi connectivity index (χ0v) is 16.6. The summed E-state index contributed by atoms with van der Waals surface area (Å²) in [4.78, 5) is 21.0. The highest BCUT2D eigenvalue weighted by Crippen LogP contribution is 2.36. The van der Waals surface area contributed by atoms with Crippen LogP contribution in [0.25, 0.3) is 0 Å². The number of aromatic nitrogens is 1. The van der Waals surface area contributed by atoms with Crippen LogP contribution >= 0.6 is 0 Å². The van der Waals surface area contributed by atoms with Gasteiger partial charge < -0.3 is 11.1 Å². The third-order valence-electron chi connectivity index (χ3n) is 4.69. The van der Waals surface area contributed by atoms with E-state index in [1.807, 2.05) is 38.2 Å². The zero-order valence-electron chi connectivity index (χ0n) is 16.6. The molecular formula is C23H28N4O. The highest BCUT2D eigenvalue weighted by Gasteiger charge is 2.29. The van der Waals surface area contributed by atoms with Gasteiger partial charge in [0.1, 0.15) is 0 Å². The summed E-state index contributed by atoms with van der Waals surface area (Å²) >= 11 is 0. The molecule has 0 aromatic carbocycles. The van der Waals surface area contributed by atoms with E-state index in [1.54, 1.807) is 24.5 Å². The van der Waals surface area contributed by atoms with Gasteiger partial charge in [-0.1, -0.05) is 6.08 Å². The Morgan fingerprint density at radius 3 is 2.61 bits per heavy atom. The van der Waals surface area contributed by atoms with Gasteiger partial charge >= 0.3 is 0 Å². The highest BCUT2D eigenvalue weighted by atomic mass is 16.1. The Kier molecular flexibility index (Phi) is 6.58. The molecule has 1 aromatic rings. The molecule has 146 valence electrons. The second-order valence-electron chi connectivity index (χ2n) is 7.37. The fraction of sp³-hybridized carbons (Fsp3) is 0.348. The van der Waals surface area contributed by atoms with Crippen LogP contribution in [0.3, 0.4) is 0 Å². The van der Waals surface area contributed by atoms with Gasteiger partial charge in [-0.05, 0) is 81.9 Å². The van der Waals surface area contributed by atoms with Crippen molar-refractivity contribution in [1.29, 1.82) is 0 Å². The van der Waals surface area contributed by atoms with E-state index in [2.05, 4.69) is 16.4 Å². The van der Waals surface area contributed by atoms with Crippen molar-refractivity contribution in [2.45, 2.75) is 39.5 Å². The van der Waals surface area contributed by atoms with E-state index in [1.165, 1.54) is 25.7 Å². The lowest BCUT2D eigenvalue weighted by molar-refractivity contribution is 0.0965. The Bertz CT molecular complexity index is 854. The molecule has 5 nitrogen and oxygen atoms in total. The molecule has 2 aliphatic carbocycles. The molecule has 0 radical (unpaired) electrons. The molecule has 2 fully saturated rings. The van der Waals surface area contributed by atoms with Crippen LogP contribution in [-0.4, -0.2) is 16.6 Å². The van der Waals surface area contributed by atoms with Gasteiger partial charge in [0.15, 0.2) is 0 Å². The maximum atomic E-state index is 12.2. The van der Waals surface area contributed by atoms with Crippen LogP contribution in [0.15, 0.2) is 77.0 Å². The number of hydrogen-bond donors (Lipinski definition) is 2. The first-order valence-electron chi connectivity index (χ1n) is 9.85. The molecule has 2 aliphatic rings. The van der Waals surface area contributed by atoms with Crippen molar-refractivity contribution in [2.75, 3.05) is 0 Å². The monoisotopic (exact) mass is 376 g/mol. The number of carbonyl (C=O) groups excluding carboxylic acids is 1. The van der Waals surface area contributed by atoms with Gasteiger partial charge in [0, 0.05) is 35.4 Å². The summed E-state index contributed by atoms with van der Waals surface area (Å²) in [5.41, 5.74) is 10.4. The van der Waals surface area contributed by atoms with E-state index < -0.39 is 0 Å². The van der Waals surface area contributed by atoms with Crippen LogP contribution in [-0.2, 0) is 0 Å². The van der Waals surface area contributed by atoms with Gasteiger partial charge in [-0.3, -0.25) is 14.8 Å². The Morgan fingerprint density at radius 2 is 2.00 bits per heavy atom. The van der Waals surface area contributed by atoms with Gasteiger partial charge in [0.2, 0.25) is 0 Å². The van der Waals surface area contributed by atoms with Crippen LogP contribution < -0.4 is 11.1 Å². The molecule has 0 unspecified atom stereocenters. The van der Waals surface area contributed by atoms with Gasteiger partial charge in [-0.15, -0.1) is 0 Å². The van der Waals surface area contributed by atoms with Gasteiger partial charge in [0.25, 0.3) is 5.91 Å². The predicted octanol–water partition coefficient (Wildman–Crippen LogP) is 4.28. The number of carbonyl (C=O) groups is 1. The lowest BCUT2D eigenvalue weighted by Gasteiger charge is -2.05. The van der Waals surface area contributed by atoms with E-state index in [4.69, 9.17) is 10.7 Å². The predicted molar refractivity (Wildman–Crippen MR) is 114 cm³/mol. The smallest absolute Gasteiger partial charge is 0.256 e. The molecule has 1 heterocycles. The van der Waals surface area contributed by atoms with Gasteiger partial charge in [0.05, 0.1) is 11.3 Å². The fourth-order valence-corrected chi connectivity index (χ4v) is 2.78. The number of hydrogen-bond acceptors (Lipinski definition) is 4. The molecule has 5 heteroatoms. The molecule has 0 aliphatic heterocycles. The minimum Gasteiger partial charge on any atom is -0.402 e. The van der Waals surface area contributed by atoms with E-state index in [0.29, 0.717) is 17.4 Å². The van der Waals surface area contributed by atoms with Crippen molar-refractivity contribution in [3.8, 4) is 0 Å². The Labute approximate surface area is 166 Å². The van der Waals surface area contributed by atoms with Crippen LogP contribution in [0.5, 0.6) is 0 Å². The van der Waals surface area contributed by atoms with Crippen molar-refractivity contribution in [1.82, 2.24) is 10.3 Å². The zero-order chi connectivity index (χ0) is 19.9. The topological polar surface area (TPSA) is 80.4 Å². The van der Waals surface area contributed by atoms with Crippen molar-refractivity contribution < 1.29 is 4.79 Å². The average molecular weight is 377 g/mol. The summed E-state index contributed by atoms with van der Waals surface area (Å²) in [5.74, 6) is 0.884. The third-order valence-corrected chi connectivity index (χ3v) is 4.69. The normalized spacial score (nSPS) is 19.2. The lowest BCUT2D eigenvalue weighted by atomic mass is 10.1. The van der Waals surface area contributed by atoms with E-state index in [-0.39, 0.29) is 5.91 Å². The largest absolute Gasteiger partial charge is 0.402 e. The molecule has 1 aromatic heterocycles. The number of amides is 1. The summed E-state index contributed by atoms with van der Waals surface area (Å²) < 4.78 is 0. The highest BCUT2D eigenvalue weighted by molar-refractivity contribution is 5.99. The van der Waals surface area contributed by atoms with Gasteiger partial charge in [-0.2, -0.15) is 0 Å². The minimum absolute atomic E-state index is 0.176. The number of rotatable bonds is 8. The second-order valence-corrected chi connectivity index (χ2v) is 7.37. The summed E-state index contributed by atoms with van der Waals surface area (Å²) in [6, 6.07) is 3.48. The molecule has 2 saturated carbocycles. The first kappa shape index (κ1) is 19.8. The molecule has 0 atom stereocenters. The molecule has 3 rings (SSSR count). The fourth-order valence-electron chi connectivity index (χ4n) is 2.78. The molecule has 28 heavy (non-hydrogen) atoms. The van der Waals surface area contributed by atoms with E-state index >= 15 is 0 Å². The summed E-state index contributed by atoms with van der Waals surface area (Å²) in [6.45, 7) is 3.82.